The van der Waals surface area contributed by atoms with Crippen molar-refractivity contribution in [3.8, 4) is 56.3 Å². The molecule has 3 aromatic heterocycles. The van der Waals surface area contributed by atoms with Gasteiger partial charge in [0, 0.05) is 60.1 Å². The van der Waals surface area contributed by atoms with Gasteiger partial charge in [0.05, 0.1) is 11.0 Å². The van der Waals surface area contributed by atoms with Crippen LogP contribution >= 0.6 is 0 Å². The van der Waals surface area contributed by atoms with Crippen molar-refractivity contribution in [3.63, 3.8) is 0 Å². The van der Waals surface area contributed by atoms with E-state index >= 15 is 0 Å². The maximum Gasteiger partial charge on any atom is 0.434 e. The third-order valence-electron chi connectivity index (χ3n) is 12.7. The average Bonchev–Trinajstić information content (AvgIpc) is 3.98. The van der Waals surface area contributed by atoms with E-state index in [-0.39, 0.29) is 6.92 Å². The molecule has 9 aromatic carbocycles. The van der Waals surface area contributed by atoms with Gasteiger partial charge >= 0.3 is 6.92 Å². The van der Waals surface area contributed by atoms with Crippen LogP contribution in [0.4, 0.5) is 0 Å². The van der Waals surface area contributed by atoms with Crippen molar-refractivity contribution in [1.29, 1.82) is 0 Å². The van der Waals surface area contributed by atoms with E-state index in [1.54, 1.807) is 0 Å². The second kappa shape index (κ2) is 11.8. The van der Waals surface area contributed by atoms with Crippen molar-refractivity contribution in [2.45, 2.75) is 0 Å². The van der Waals surface area contributed by atoms with Crippen molar-refractivity contribution in [2.75, 3.05) is 0 Å². The van der Waals surface area contributed by atoms with E-state index in [2.05, 4.69) is 156 Å². The number of rotatable bonds is 3. The molecule has 2 aliphatic rings. The van der Waals surface area contributed by atoms with Gasteiger partial charge in [0.15, 0.2) is 0 Å². The zero-order valence-electron chi connectivity index (χ0n) is 32.0. The predicted molar refractivity (Wildman–Crippen MR) is 244 cm³/mol. The van der Waals surface area contributed by atoms with Crippen LogP contribution in [0.5, 0.6) is 17.2 Å². The third kappa shape index (κ3) is 4.42. The van der Waals surface area contributed by atoms with Crippen LogP contribution in [0.1, 0.15) is 0 Å². The van der Waals surface area contributed by atoms with E-state index in [9.17, 15) is 0 Å². The normalized spacial score (nSPS) is 12.9. The van der Waals surface area contributed by atoms with Gasteiger partial charge in [0.2, 0.25) is 0 Å². The van der Waals surface area contributed by atoms with Crippen LogP contribution in [-0.2, 0) is 0 Å². The first-order valence-electron chi connectivity index (χ1n) is 20.3. The molecule has 0 aliphatic carbocycles. The van der Waals surface area contributed by atoms with Crippen molar-refractivity contribution in [1.82, 2.24) is 4.57 Å². The number of hydrogen-bond acceptors (Lipinski definition) is 4. The summed E-state index contributed by atoms with van der Waals surface area (Å²) >= 11 is 0. The van der Waals surface area contributed by atoms with Crippen molar-refractivity contribution in [3.05, 3.63) is 182 Å². The lowest BCUT2D eigenvalue weighted by atomic mass is 9.50. The highest BCUT2D eigenvalue weighted by Crippen LogP contribution is 2.45. The fourth-order valence-corrected chi connectivity index (χ4v) is 9.95. The van der Waals surface area contributed by atoms with Gasteiger partial charge in [-0.25, -0.2) is 0 Å². The quantitative estimate of drug-likeness (QED) is 0.168. The van der Waals surface area contributed by atoms with Gasteiger partial charge in [0.1, 0.15) is 39.6 Å². The Kier molecular flexibility index (Phi) is 6.31. The molecule has 5 nitrogen and oxygen atoms in total. The molecule has 0 saturated heterocycles. The van der Waals surface area contributed by atoms with Crippen LogP contribution in [0.15, 0.2) is 191 Å². The summed E-state index contributed by atoms with van der Waals surface area (Å²) in [5.41, 5.74) is 15.2. The minimum absolute atomic E-state index is 0.323. The fourth-order valence-electron chi connectivity index (χ4n) is 9.95. The van der Waals surface area contributed by atoms with E-state index < -0.39 is 0 Å². The second-order valence-corrected chi connectivity index (χ2v) is 15.9. The van der Waals surface area contributed by atoms with Crippen molar-refractivity contribution in [2.24, 2.45) is 0 Å². The maximum absolute atomic E-state index is 6.99. The summed E-state index contributed by atoms with van der Waals surface area (Å²) in [6, 6.07) is 64.0. The molecule has 0 bridgehead atoms. The SMILES string of the molecule is c1ccc2c(c1)Oc1cc(-c3cccc4c3oc3ccc(-n5c6ccccc6c6ccccc65)cc34)cc3c1B2Oc1cc(-c2ccc4c(c2)oc2ccccc24)ccc1-3. The highest BCUT2D eigenvalue weighted by Gasteiger charge is 2.41. The molecule has 0 amide bonds. The smallest absolute Gasteiger partial charge is 0.434 e. The van der Waals surface area contributed by atoms with Gasteiger partial charge in [-0.1, -0.05) is 109 Å². The van der Waals surface area contributed by atoms with E-state index in [1.165, 1.54) is 21.8 Å². The molecule has 2 aliphatic heterocycles. The Labute approximate surface area is 343 Å². The van der Waals surface area contributed by atoms with Crippen LogP contribution in [-0.4, -0.2) is 11.5 Å². The summed E-state index contributed by atoms with van der Waals surface area (Å²) in [6.07, 6.45) is 0. The Hall–Kier alpha value is -7.96. The van der Waals surface area contributed by atoms with E-state index in [4.69, 9.17) is 18.2 Å². The number of aromatic nitrogens is 1. The molecule has 12 aromatic rings. The molecule has 0 radical (unpaired) electrons. The first-order valence-corrected chi connectivity index (χ1v) is 20.3. The van der Waals surface area contributed by atoms with Crippen LogP contribution in [0.3, 0.4) is 0 Å². The number of fused-ring (bicyclic) bond motifs is 13. The van der Waals surface area contributed by atoms with Crippen molar-refractivity contribution < 1.29 is 18.2 Å². The molecule has 14 rings (SSSR count). The zero-order valence-corrected chi connectivity index (χ0v) is 32.0. The van der Waals surface area contributed by atoms with Crippen LogP contribution in [0.2, 0.25) is 0 Å². The van der Waals surface area contributed by atoms with Crippen LogP contribution < -0.4 is 20.3 Å². The Morgan fingerprint density at radius 1 is 0.383 bits per heavy atom. The molecule has 278 valence electrons. The Bertz CT molecular complexity index is 3760. The van der Waals surface area contributed by atoms with E-state index in [0.29, 0.717) is 0 Å². The molecular formula is C54H30BNO4. The number of nitrogens with zero attached hydrogens (tertiary/aromatic N) is 1. The molecule has 0 unspecified atom stereocenters. The number of para-hydroxylation sites is 5. The maximum atomic E-state index is 6.99. The molecular weight excluding hydrogens is 737 g/mol. The van der Waals surface area contributed by atoms with Crippen molar-refractivity contribution >= 4 is 83.5 Å². The lowest BCUT2D eigenvalue weighted by Gasteiger charge is -2.33. The number of hydrogen-bond donors (Lipinski definition) is 0. The first-order chi connectivity index (χ1) is 29.7. The highest BCUT2D eigenvalue weighted by atomic mass is 16.5. The predicted octanol–water partition coefficient (Wildman–Crippen LogP) is 13.2. The first kappa shape index (κ1) is 32.1. The lowest BCUT2D eigenvalue weighted by molar-refractivity contribution is 0.479. The number of furan rings is 2. The highest BCUT2D eigenvalue weighted by molar-refractivity contribution is 6.84. The molecule has 60 heavy (non-hydrogen) atoms. The minimum Gasteiger partial charge on any atom is -0.551 e. The summed E-state index contributed by atoms with van der Waals surface area (Å²) < 4.78 is 29.1. The Morgan fingerprint density at radius 3 is 1.97 bits per heavy atom. The van der Waals surface area contributed by atoms with Crippen LogP contribution in [0, 0.1) is 0 Å². The average molecular weight is 768 g/mol. The Balaban J connectivity index is 0.932. The minimum atomic E-state index is -0.323. The van der Waals surface area contributed by atoms with Gasteiger partial charge in [-0.05, 0) is 95.1 Å². The van der Waals surface area contributed by atoms with Crippen LogP contribution in [0.25, 0.3) is 105 Å². The zero-order chi connectivity index (χ0) is 39.1. The largest absolute Gasteiger partial charge is 0.551 e. The summed E-state index contributed by atoms with van der Waals surface area (Å²) in [6.45, 7) is -0.323. The molecule has 0 atom stereocenters. The van der Waals surface area contributed by atoms with E-state index in [0.717, 1.165) is 111 Å². The number of ether oxygens (including phenoxy) is 1. The fraction of sp³-hybridized carbons (Fsp3) is 0. The van der Waals surface area contributed by atoms with Gasteiger partial charge < -0.3 is 22.8 Å². The van der Waals surface area contributed by atoms with Gasteiger partial charge in [-0.3, -0.25) is 0 Å². The van der Waals surface area contributed by atoms with E-state index in [1.807, 2.05) is 30.3 Å². The molecule has 0 N–H and O–H groups in total. The molecule has 0 saturated carbocycles. The summed E-state index contributed by atoms with van der Waals surface area (Å²) in [5, 5.41) is 6.85. The summed E-state index contributed by atoms with van der Waals surface area (Å²) in [4.78, 5) is 0. The molecule has 5 heterocycles. The molecule has 6 heteroatoms. The Morgan fingerprint density at radius 2 is 1.08 bits per heavy atom. The van der Waals surface area contributed by atoms with Gasteiger partial charge in [-0.2, -0.15) is 0 Å². The second-order valence-electron chi connectivity index (χ2n) is 15.9. The lowest BCUT2D eigenvalue weighted by Crippen LogP contribution is -2.53. The summed E-state index contributed by atoms with van der Waals surface area (Å²) in [7, 11) is 0. The number of benzene rings is 9. The van der Waals surface area contributed by atoms with Gasteiger partial charge in [0.25, 0.3) is 0 Å². The molecule has 0 fully saturated rings. The topological polar surface area (TPSA) is 49.7 Å². The standard InChI is InChI=1S/C54H30BNO4/c1-5-16-45-36(10-1)37-11-2-6-17-46(37)56(45)34-22-25-48-42(30-34)41-14-9-13-35(54(41)59-48)33-26-43-40-24-21-32(31-20-23-39-38-12-3-7-18-47(38)57-50(39)27-31)28-51(40)60-55-44-15-4-8-19-49(44)58-52(29-33)53(43)55/h1-30H. The van der Waals surface area contributed by atoms with Gasteiger partial charge in [-0.15, -0.1) is 0 Å². The molecule has 0 spiro atoms. The monoisotopic (exact) mass is 767 g/mol. The summed E-state index contributed by atoms with van der Waals surface area (Å²) in [5.74, 6) is 2.42. The third-order valence-corrected chi connectivity index (χ3v) is 12.7.